The molecule has 0 radical (unpaired) electrons. The molecule has 0 spiro atoms. The van der Waals surface area contributed by atoms with Crippen LogP contribution in [0, 0.1) is 25.7 Å². The van der Waals surface area contributed by atoms with Gasteiger partial charge in [0.15, 0.2) is 0 Å². The molecule has 1 aromatic rings. The molecule has 104 valence electrons. The van der Waals surface area contributed by atoms with Gasteiger partial charge in [-0.25, -0.2) is 0 Å². The van der Waals surface area contributed by atoms with Crippen molar-refractivity contribution in [2.75, 3.05) is 26.2 Å². The summed E-state index contributed by atoms with van der Waals surface area (Å²) in [5.41, 5.74) is 2.03. The molecule has 5 nitrogen and oxygen atoms in total. The lowest BCUT2D eigenvalue weighted by atomic mass is 9.89. The van der Waals surface area contributed by atoms with Crippen LogP contribution in [0.5, 0.6) is 0 Å². The van der Waals surface area contributed by atoms with Gasteiger partial charge >= 0.3 is 0 Å². The van der Waals surface area contributed by atoms with Crippen LogP contribution < -0.4 is 5.32 Å². The van der Waals surface area contributed by atoms with Crippen LogP contribution in [-0.2, 0) is 11.3 Å². The third-order valence-corrected chi connectivity index (χ3v) is 4.45. The van der Waals surface area contributed by atoms with Gasteiger partial charge in [-0.2, -0.15) is 5.10 Å². The summed E-state index contributed by atoms with van der Waals surface area (Å²) in [6.45, 7) is 8.35. The van der Waals surface area contributed by atoms with Crippen molar-refractivity contribution in [3.8, 4) is 0 Å². The molecule has 0 saturated carbocycles. The summed E-state index contributed by atoms with van der Waals surface area (Å²) < 4.78 is 1.82. The Morgan fingerprint density at radius 2 is 2.21 bits per heavy atom. The van der Waals surface area contributed by atoms with Crippen LogP contribution in [0.2, 0.25) is 0 Å². The number of piperidine rings is 1. The van der Waals surface area contributed by atoms with Gasteiger partial charge in [0.1, 0.15) is 6.54 Å². The molecule has 2 aliphatic rings. The smallest absolute Gasteiger partial charge is 0.244 e. The van der Waals surface area contributed by atoms with Gasteiger partial charge in [-0.15, -0.1) is 0 Å². The summed E-state index contributed by atoms with van der Waals surface area (Å²) in [7, 11) is 0. The standard InChI is InChI=1S/C14H22N4O/c1-10-5-11(2)18(16-10)9-14(19)17-4-3-12-6-15-7-13(12)8-17/h5,12-13,15H,3-4,6-9H2,1-2H3. The highest BCUT2D eigenvalue weighted by Gasteiger charge is 2.34. The van der Waals surface area contributed by atoms with Crippen LogP contribution in [0.4, 0.5) is 0 Å². The van der Waals surface area contributed by atoms with Crippen LogP contribution in [0.3, 0.4) is 0 Å². The van der Waals surface area contributed by atoms with E-state index in [9.17, 15) is 4.79 Å². The number of hydrogen-bond donors (Lipinski definition) is 1. The first-order valence-electron chi connectivity index (χ1n) is 7.13. The zero-order valence-electron chi connectivity index (χ0n) is 11.7. The molecule has 2 atom stereocenters. The summed E-state index contributed by atoms with van der Waals surface area (Å²) in [5, 5.41) is 7.80. The SMILES string of the molecule is Cc1cc(C)n(CC(=O)N2CCC3CNCC3C2)n1. The Labute approximate surface area is 114 Å². The van der Waals surface area contributed by atoms with Crippen molar-refractivity contribution in [3.05, 3.63) is 17.5 Å². The van der Waals surface area contributed by atoms with E-state index in [0.29, 0.717) is 12.5 Å². The second-order valence-electron chi connectivity index (χ2n) is 5.89. The zero-order chi connectivity index (χ0) is 13.4. The van der Waals surface area contributed by atoms with Crippen LogP contribution >= 0.6 is 0 Å². The molecular formula is C14H22N4O. The number of carbonyl (C=O) groups excluding carboxylic acids is 1. The molecule has 1 N–H and O–H groups in total. The van der Waals surface area contributed by atoms with E-state index in [2.05, 4.69) is 10.4 Å². The predicted molar refractivity (Wildman–Crippen MR) is 72.7 cm³/mol. The van der Waals surface area contributed by atoms with Crippen molar-refractivity contribution in [2.24, 2.45) is 11.8 Å². The summed E-state index contributed by atoms with van der Waals surface area (Å²) >= 11 is 0. The highest BCUT2D eigenvalue weighted by Crippen LogP contribution is 2.26. The summed E-state index contributed by atoms with van der Waals surface area (Å²) in [4.78, 5) is 14.4. The van der Waals surface area contributed by atoms with E-state index in [1.807, 2.05) is 29.5 Å². The lowest BCUT2D eigenvalue weighted by Gasteiger charge is -2.34. The third kappa shape index (κ3) is 2.52. The fraction of sp³-hybridized carbons (Fsp3) is 0.714. The highest BCUT2D eigenvalue weighted by molar-refractivity contribution is 5.76. The molecule has 0 aliphatic carbocycles. The van der Waals surface area contributed by atoms with E-state index in [1.54, 1.807) is 0 Å². The van der Waals surface area contributed by atoms with Crippen LogP contribution in [0.25, 0.3) is 0 Å². The quantitative estimate of drug-likeness (QED) is 0.847. The molecule has 3 heterocycles. The lowest BCUT2D eigenvalue weighted by molar-refractivity contribution is -0.134. The van der Waals surface area contributed by atoms with E-state index in [-0.39, 0.29) is 5.91 Å². The monoisotopic (exact) mass is 262 g/mol. The van der Waals surface area contributed by atoms with Gasteiger partial charge in [0.05, 0.1) is 5.69 Å². The van der Waals surface area contributed by atoms with Crippen molar-refractivity contribution in [2.45, 2.75) is 26.8 Å². The van der Waals surface area contributed by atoms with Crippen molar-refractivity contribution in [1.29, 1.82) is 0 Å². The van der Waals surface area contributed by atoms with Gasteiger partial charge in [0.2, 0.25) is 5.91 Å². The molecule has 1 aromatic heterocycles. The number of fused-ring (bicyclic) bond motifs is 1. The van der Waals surface area contributed by atoms with Gasteiger partial charge in [0, 0.05) is 18.8 Å². The number of aromatic nitrogens is 2. The third-order valence-electron chi connectivity index (χ3n) is 4.45. The Morgan fingerprint density at radius 1 is 1.42 bits per heavy atom. The van der Waals surface area contributed by atoms with E-state index < -0.39 is 0 Å². The Balaban J connectivity index is 1.63. The first-order chi connectivity index (χ1) is 9.13. The average Bonchev–Trinajstić information content (AvgIpc) is 2.95. The fourth-order valence-electron chi connectivity index (χ4n) is 3.32. The van der Waals surface area contributed by atoms with Gasteiger partial charge < -0.3 is 10.2 Å². The van der Waals surface area contributed by atoms with Gasteiger partial charge in [0.25, 0.3) is 0 Å². The number of carbonyl (C=O) groups is 1. The number of nitrogens with zero attached hydrogens (tertiary/aromatic N) is 3. The van der Waals surface area contributed by atoms with Gasteiger partial charge in [-0.05, 0) is 51.3 Å². The molecule has 0 aromatic carbocycles. The lowest BCUT2D eigenvalue weighted by Crippen LogP contribution is -2.44. The minimum atomic E-state index is 0.205. The minimum Gasteiger partial charge on any atom is -0.341 e. The number of amides is 1. The first kappa shape index (κ1) is 12.7. The van der Waals surface area contributed by atoms with Crippen molar-refractivity contribution >= 4 is 5.91 Å². The molecule has 19 heavy (non-hydrogen) atoms. The van der Waals surface area contributed by atoms with E-state index in [4.69, 9.17) is 0 Å². The first-order valence-corrected chi connectivity index (χ1v) is 7.13. The van der Waals surface area contributed by atoms with Crippen LogP contribution in [-0.4, -0.2) is 46.8 Å². The van der Waals surface area contributed by atoms with Gasteiger partial charge in [-0.1, -0.05) is 0 Å². The van der Waals surface area contributed by atoms with Crippen molar-refractivity contribution in [3.63, 3.8) is 0 Å². The topological polar surface area (TPSA) is 50.2 Å². The number of rotatable bonds is 2. The molecule has 5 heteroatoms. The second-order valence-corrected chi connectivity index (χ2v) is 5.89. The van der Waals surface area contributed by atoms with E-state index in [0.717, 1.165) is 49.9 Å². The maximum atomic E-state index is 12.4. The predicted octanol–water partition coefficient (Wildman–Crippen LogP) is 0.568. The largest absolute Gasteiger partial charge is 0.341 e. The molecule has 2 fully saturated rings. The molecular weight excluding hydrogens is 240 g/mol. The van der Waals surface area contributed by atoms with Crippen molar-refractivity contribution in [1.82, 2.24) is 20.0 Å². The molecule has 0 bridgehead atoms. The molecule has 2 unspecified atom stereocenters. The number of aryl methyl sites for hydroxylation is 2. The maximum absolute atomic E-state index is 12.4. The van der Waals surface area contributed by atoms with Crippen LogP contribution in [0.15, 0.2) is 6.07 Å². The minimum absolute atomic E-state index is 0.205. The Bertz CT molecular complexity index is 482. The fourth-order valence-corrected chi connectivity index (χ4v) is 3.32. The summed E-state index contributed by atoms with van der Waals surface area (Å²) in [6.07, 6.45) is 1.14. The van der Waals surface area contributed by atoms with E-state index in [1.165, 1.54) is 0 Å². The Hall–Kier alpha value is -1.36. The normalized spacial score (nSPS) is 26.5. The maximum Gasteiger partial charge on any atom is 0.244 e. The average molecular weight is 262 g/mol. The number of hydrogen-bond acceptors (Lipinski definition) is 3. The van der Waals surface area contributed by atoms with Crippen LogP contribution in [0.1, 0.15) is 17.8 Å². The highest BCUT2D eigenvalue weighted by atomic mass is 16.2. The Morgan fingerprint density at radius 3 is 2.95 bits per heavy atom. The zero-order valence-corrected chi connectivity index (χ0v) is 11.7. The molecule has 1 amide bonds. The Kier molecular flexibility index (Phi) is 3.31. The van der Waals surface area contributed by atoms with Gasteiger partial charge in [-0.3, -0.25) is 9.48 Å². The van der Waals surface area contributed by atoms with E-state index >= 15 is 0 Å². The molecule has 3 rings (SSSR count). The number of nitrogens with one attached hydrogen (secondary N) is 1. The molecule has 2 saturated heterocycles. The number of likely N-dealkylation sites (tertiary alicyclic amines) is 1. The van der Waals surface area contributed by atoms with Crippen molar-refractivity contribution < 1.29 is 4.79 Å². The molecule has 2 aliphatic heterocycles. The second kappa shape index (κ2) is 4.96. The summed E-state index contributed by atoms with van der Waals surface area (Å²) in [5.74, 6) is 1.63. The summed E-state index contributed by atoms with van der Waals surface area (Å²) in [6, 6.07) is 2.01.